The van der Waals surface area contributed by atoms with Gasteiger partial charge in [0.1, 0.15) is 12.4 Å². The summed E-state index contributed by atoms with van der Waals surface area (Å²) in [6.07, 6.45) is 3.39. The van der Waals surface area contributed by atoms with Gasteiger partial charge in [-0.2, -0.15) is 0 Å². The van der Waals surface area contributed by atoms with E-state index in [0.717, 1.165) is 5.56 Å². The van der Waals surface area contributed by atoms with Crippen molar-refractivity contribution in [1.29, 1.82) is 0 Å². The van der Waals surface area contributed by atoms with Crippen molar-refractivity contribution in [2.75, 3.05) is 13.2 Å². The molecule has 1 saturated heterocycles. The average Bonchev–Trinajstić information content (AvgIpc) is 3.39. The lowest BCUT2D eigenvalue weighted by molar-refractivity contribution is -0.141. The molecule has 5 heteroatoms. The Balaban J connectivity index is 2.23. The van der Waals surface area contributed by atoms with Crippen molar-refractivity contribution in [3.05, 3.63) is 52.6 Å². The fraction of sp³-hybridized carbons (Fsp3) is 0.400. The highest BCUT2D eigenvalue weighted by Gasteiger charge is 2.50. The van der Waals surface area contributed by atoms with E-state index in [4.69, 9.17) is 14.2 Å². The van der Waals surface area contributed by atoms with Crippen LogP contribution in [0.2, 0.25) is 0 Å². The highest BCUT2D eigenvalue weighted by molar-refractivity contribution is 5.89. The number of benzene rings is 1. The van der Waals surface area contributed by atoms with Crippen LogP contribution >= 0.6 is 0 Å². The average molecular weight is 344 g/mol. The van der Waals surface area contributed by atoms with Gasteiger partial charge in [0.05, 0.1) is 6.61 Å². The molecule has 1 aliphatic rings. The van der Waals surface area contributed by atoms with E-state index in [1.807, 2.05) is 19.1 Å². The standard InChI is InChI=1S/C20H24O5/c1-6-14(4)18(21)23-11-20(12-24-20)16-9-8-13(3)10-17(16)25-19(22)15(5)7-2/h6-10H,11-12H2,1-5H3/b14-6+,15-7+/t20-/m0/s1. The molecule has 0 unspecified atom stereocenters. The van der Waals surface area contributed by atoms with Crippen LogP contribution < -0.4 is 4.74 Å². The first-order chi connectivity index (χ1) is 11.8. The summed E-state index contributed by atoms with van der Waals surface area (Å²) in [6, 6.07) is 5.56. The Labute approximate surface area is 148 Å². The molecule has 1 heterocycles. The molecule has 0 N–H and O–H groups in total. The Bertz CT molecular complexity index is 738. The minimum Gasteiger partial charge on any atom is -0.459 e. The third-order valence-electron chi connectivity index (χ3n) is 4.27. The van der Waals surface area contributed by atoms with E-state index in [1.165, 1.54) is 0 Å². The van der Waals surface area contributed by atoms with E-state index in [0.29, 0.717) is 29.1 Å². The maximum Gasteiger partial charge on any atom is 0.338 e. The molecule has 1 aliphatic heterocycles. The zero-order valence-electron chi connectivity index (χ0n) is 15.3. The zero-order chi connectivity index (χ0) is 18.6. The number of hydrogen-bond acceptors (Lipinski definition) is 5. The molecule has 0 amide bonds. The van der Waals surface area contributed by atoms with Gasteiger partial charge in [-0.15, -0.1) is 0 Å². The third kappa shape index (κ3) is 4.37. The maximum absolute atomic E-state index is 12.1. The number of esters is 2. The lowest BCUT2D eigenvalue weighted by atomic mass is 9.98. The Morgan fingerprint density at radius 2 is 1.76 bits per heavy atom. The van der Waals surface area contributed by atoms with Gasteiger partial charge in [-0.05, 0) is 46.2 Å². The molecule has 2 rings (SSSR count). The second-order valence-electron chi connectivity index (χ2n) is 6.19. The highest BCUT2D eigenvalue weighted by Crippen LogP contribution is 2.44. The normalized spacial score (nSPS) is 20.2. The minimum absolute atomic E-state index is 0.0766. The summed E-state index contributed by atoms with van der Waals surface area (Å²) in [6.45, 7) is 9.35. The van der Waals surface area contributed by atoms with Crippen molar-refractivity contribution in [1.82, 2.24) is 0 Å². The number of epoxide rings is 1. The lowest BCUT2D eigenvalue weighted by Gasteiger charge is -2.17. The fourth-order valence-corrected chi connectivity index (χ4v) is 2.21. The molecule has 134 valence electrons. The molecule has 1 fully saturated rings. The third-order valence-corrected chi connectivity index (χ3v) is 4.27. The maximum atomic E-state index is 12.1. The predicted molar refractivity (Wildman–Crippen MR) is 94.3 cm³/mol. The summed E-state index contributed by atoms with van der Waals surface area (Å²) in [5, 5.41) is 0. The van der Waals surface area contributed by atoms with Crippen molar-refractivity contribution in [2.24, 2.45) is 0 Å². The molecule has 0 aromatic heterocycles. The van der Waals surface area contributed by atoms with Crippen molar-refractivity contribution in [3.63, 3.8) is 0 Å². The molecular weight excluding hydrogens is 320 g/mol. The first-order valence-corrected chi connectivity index (χ1v) is 8.23. The van der Waals surface area contributed by atoms with Gasteiger partial charge in [0.25, 0.3) is 0 Å². The number of allylic oxidation sites excluding steroid dienone is 2. The van der Waals surface area contributed by atoms with E-state index >= 15 is 0 Å². The first kappa shape index (κ1) is 18.9. The smallest absolute Gasteiger partial charge is 0.338 e. The van der Waals surface area contributed by atoms with E-state index in [9.17, 15) is 9.59 Å². The summed E-state index contributed by atoms with van der Waals surface area (Å²) in [5.74, 6) is -0.359. The Kier molecular flexibility index (Phi) is 5.80. The molecule has 0 aliphatic carbocycles. The van der Waals surface area contributed by atoms with Gasteiger partial charge in [0.2, 0.25) is 0 Å². The lowest BCUT2D eigenvalue weighted by Crippen LogP contribution is -2.22. The van der Waals surface area contributed by atoms with Gasteiger partial charge in [0, 0.05) is 16.7 Å². The van der Waals surface area contributed by atoms with Gasteiger partial charge in [-0.1, -0.05) is 24.3 Å². The Morgan fingerprint density at radius 3 is 2.32 bits per heavy atom. The largest absolute Gasteiger partial charge is 0.459 e. The van der Waals surface area contributed by atoms with Gasteiger partial charge in [-0.3, -0.25) is 0 Å². The second-order valence-corrected chi connectivity index (χ2v) is 6.19. The van der Waals surface area contributed by atoms with Crippen molar-refractivity contribution >= 4 is 11.9 Å². The number of ether oxygens (including phenoxy) is 3. The summed E-state index contributed by atoms with van der Waals surface area (Å²) in [4.78, 5) is 24.0. The molecule has 0 radical (unpaired) electrons. The monoisotopic (exact) mass is 344 g/mol. The molecule has 5 nitrogen and oxygen atoms in total. The van der Waals surface area contributed by atoms with Crippen LogP contribution in [0.1, 0.15) is 38.8 Å². The van der Waals surface area contributed by atoms with Gasteiger partial charge < -0.3 is 14.2 Å². The summed E-state index contributed by atoms with van der Waals surface area (Å²) < 4.78 is 16.5. The SMILES string of the molecule is C/C=C(\C)C(=O)OC[C@@]1(c2ccc(C)cc2OC(=O)/C(C)=C/C)CO1. The molecule has 1 aromatic carbocycles. The van der Waals surface area contributed by atoms with Crippen LogP contribution in [0, 0.1) is 6.92 Å². The number of hydrogen-bond donors (Lipinski definition) is 0. The van der Waals surface area contributed by atoms with Gasteiger partial charge in [0.15, 0.2) is 5.60 Å². The zero-order valence-corrected chi connectivity index (χ0v) is 15.3. The van der Waals surface area contributed by atoms with Gasteiger partial charge >= 0.3 is 11.9 Å². The Morgan fingerprint density at radius 1 is 1.16 bits per heavy atom. The number of carbonyl (C=O) groups excluding carboxylic acids is 2. The predicted octanol–water partition coefficient (Wildman–Crippen LogP) is 3.60. The van der Waals surface area contributed by atoms with Crippen LogP contribution in [0.5, 0.6) is 5.75 Å². The van der Waals surface area contributed by atoms with Gasteiger partial charge in [-0.25, -0.2) is 9.59 Å². The highest BCUT2D eigenvalue weighted by atomic mass is 16.6. The van der Waals surface area contributed by atoms with E-state index in [2.05, 4.69) is 0 Å². The quantitative estimate of drug-likeness (QED) is 0.341. The molecular formula is C20H24O5. The minimum atomic E-state index is -0.753. The van der Waals surface area contributed by atoms with E-state index in [1.54, 1.807) is 45.9 Å². The summed E-state index contributed by atoms with van der Waals surface area (Å²) in [7, 11) is 0. The van der Waals surface area contributed by atoms with Crippen LogP contribution in [-0.4, -0.2) is 25.2 Å². The summed E-state index contributed by atoms with van der Waals surface area (Å²) in [5.41, 5.74) is 1.98. The first-order valence-electron chi connectivity index (χ1n) is 8.23. The van der Waals surface area contributed by atoms with Crippen molar-refractivity contribution < 1.29 is 23.8 Å². The molecule has 25 heavy (non-hydrogen) atoms. The molecule has 0 bridgehead atoms. The molecule has 1 aromatic rings. The van der Waals surface area contributed by atoms with E-state index in [-0.39, 0.29) is 12.6 Å². The van der Waals surface area contributed by atoms with Crippen LogP contribution in [0.3, 0.4) is 0 Å². The number of aryl methyl sites for hydroxylation is 1. The molecule has 1 atom stereocenters. The van der Waals surface area contributed by atoms with Crippen LogP contribution in [0.4, 0.5) is 0 Å². The van der Waals surface area contributed by atoms with Crippen molar-refractivity contribution in [3.8, 4) is 5.75 Å². The topological polar surface area (TPSA) is 65.1 Å². The molecule has 0 saturated carbocycles. The summed E-state index contributed by atoms with van der Waals surface area (Å²) >= 11 is 0. The van der Waals surface area contributed by atoms with Crippen molar-refractivity contribution in [2.45, 2.75) is 40.2 Å². The fourth-order valence-electron chi connectivity index (χ4n) is 2.21. The van der Waals surface area contributed by atoms with E-state index < -0.39 is 11.6 Å². The Hall–Kier alpha value is -2.40. The van der Waals surface area contributed by atoms with Crippen LogP contribution in [0.15, 0.2) is 41.5 Å². The second kappa shape index (κ2) is 7.66. The van der Waals surface area contributed by atoms with Crippen LogP contribution in [-0.2, 0) is 24.7 Å². The number of carbonyl (C=O) groups is 2. The molecule has 0 spiro atoms. The number of rotatable bonds is 6. The van der Waals surface area contributed by atoms with Crippen LogP contribution in [0.25, 0.3) is 0 Å².